The van der Waals surface area contributed by atoms with Gasteiger partial charge in [0.1, 0.15) is 11.5 Å². The van der Waals surface area contributed by atoms with Crippen molar-refractivity contribution in [2.45, 2.75) is 32.6 Å². The highest BCUT2D eigenvalue weighted by molar-refractivity contribution is 6.36. The number of amides is 1. The standard InChI is InChI=1S/C18H18Cl2N4O/c1-2-3-4-6-15(25)22-17-16(13-8-7-12(19)11-14(13)20)23-18-21-9-5-10-24(17)18/h5,7-11H,2-4,6H2,1H3,(H,22,25). The van der Waals surface area contributed by atoms with Gasteiger partial charge in [0.25, 0.3) is 0 Å². The highest BCUT2D eigenvalue weighted by Crippen LogP contribution is 2.34. The molecule has 1 amide bonds. The number of fused-ring (bicyclic) bond motifs is 1. The van der Waals surface area contributed by atoms with E-state index >= 15 is 0 Å². The number of carbonyl (C=O) groups excluding carboxylic acids is 1. The lowest BCUT2D eigenvalue weighted by Crippen LogP contribution is -2.13. The lowest BCUT2D eigenvalue weighted by Gasteiger charge is -2.08. The monoisotopic (exact) mass is 376 g/mol. The molecule has 0 atom stereocenters. The molecule has 0 saturated carbocycles. The molecule has 130 valence electrons. The van der Waals surface area contributed by atoms with E-state index in [1.807, 2.05) is 6.20 Å². The molecule has 0 fully saturated rings. The Bertz CT molecular complexity index is 907. The molecule has 0 unspecified atom stereocenters. The fraction of sp³-hybridized carbons (Fsp3) is 0.278. The molecule has 25 heavy (non-hydrogen) atoms. The van der Waals surface area contributed by atoms with Gasteiger partial charge in [-0.15, -0.1) is 0 Å². The van der Waals surface area contributed by atoms with Crippen molar-refractivity contribution in [3.63, 3.8) is 0 Å². The second kappa shape index (κ2) is 7.85. The summed E-state index contributed by atoms with van der Waals surface area (Å²) in [5, 5.41) is 3.97. The van der Waals surface area contributed by atoms with Crippen molar-refractivity contribution in [2.24, 2.45) is 0 Å². The van der Waals surface area contributed by atoms with Gasteiger partial charge in [-0.3, -0.25) is 9.20 Å². The molecule has 0 spiro atoms. The van der Waals surface area contributed by atoms with Gasteiger partial charge in [-0.1, -0.05) is 43.0 Å². The van der Waals surface area contributed by atoms with Crippen LogP contribution in [-0.4, -0.2) is 20.3 Å². The van der Waals surface area contributed by atoms with Crippen molar-refractivity contribution >= 4 is 40.7 Å². The maximum atomic E-state index is 12.3. The van der Waals surface area contributed by atoms with Crippen molar-refractivity contribution < 1.29 is 4.79 Å². The van der Waals surface area contributed by atoms with Gasteiger partial charge in [0.15, 0.2) is 0 Å². The van der Waals surface area contributed by atoms with Crippen molar-refractivity contribution in [3.05, 3.63) is 46.7 Å². The maximum absolute atomic E-state index is 12.3. The smallest absolute Gasteiger partial charge is 0.235 e. The highest BCUT2D eigenvalue weighted by Gasteiger charge is 2.19. The minimum absolute atomic E-state index is 0.0505. The van der Waals surface area contributed by atoms with Crippen LogP contribution in [0.5, 0.6) is 0 Å². The van der Waals surface area contributed by atoms with Gasteiger partial charge in [-0.05, 0) is 30.7 Å². The number of unbranched alkanes of at least 4 members (excludes halogenated alkanes) is 2. The molecule has 0 aliphatic rings. The van der Waals surface area contributed by atoms with Gasteiger partial charge in [-0.25, -0.2) is 9.97 Å². The maximum Gasteiger partial charge on any atom is 0.235 e. The molecule has 5 nitrogen and oxygen atoms in total. The van der Waals surface area contributed by atoms with Crippen LogP contribution in [0.1, 0.15) is 32.6 Å². The summed E-state index contributed by atoms with van der Waals surface area (Å²) in [4.78, 5) is 21.1. The molecule has 1 N–H and O–H groups in total. The summed E-state index contributed by atoms with van der Waals surface area (Å²) in [5.74, 6) is 1.01. The van der Waals surface area contributed by atoms with E-state index in [9.17, 15) is 4.79 Å². The number of imidazole rings is 1. The van der Waals surface area contributed by atoms with Crippen LogP contribution >= 0.6 is 23.2 Å². The van der Waals surface area contributed by atoms with Gasteiger partial charge in [0.2, 0.25) is 11.7 Å². The Morgan fingerprint density at radius 1 is 1.28 bits per heavy atom. The van der Waals surface area contributed by atoms with Crippen LogP contribution in [-0.2, 0) is 4.79 Å². The number of rotatable bonds is 6. The Morgan fingerprint density at radius 3 is 2.88 bits per heavy atom. The number of hydrogen-bond acceptors (Lipinski definition) is 3. The van der Waals surface area contributed by atoms with E-state index in [0.29, 0.717) is 39.3 Å². The van der Waals surface area contributed by atoms with E-state index in [2.05, 4.69) is 22.2 Å². The molecule has 2 heterocycles. The quantitative estimate of drug-likeness (QED) is 0.599. The first kappa shape index (κ1) is 17.7. The van der Waals surface area contributed by atoms with E-state index in [4.69, 9.17) is 23.2 Å². The largest absolute Gasteiger partial charge is 0.310 e. The molecule has 0 saturated heterocycles. The second-order valence-electron chi connectivity index (χ2n) is 5.73. The van der Waals surface area contributed by atoms with Gasteiger partial charge in [0.05, 0.1) is 5.02 Å². The Labute approximate surface area is 156 Å². The van der Waals surface area contributed by atoms with Crippen molar-refractivity contribution in [1.82, 2.24) is 14.4 Å². The number of hydrogen-bond donors (Lipinski definition) is 1. The van der Waals surface area contributed by atoms with Gasteiger partial charge >= 0.3 is 0 Å². The molecule has 2 aromatic heterocycles. The van der Waals surface area contributed by atoms with Crippen LogP contribution in [0.2, 0.25) is 10.0 Å². The highest BCUT2D eigenvalue weighted by atomic mass is 35.5. The predicted octanol–water partition coefficient (Wildman–Crippen LogP) is 5.22. The number of aromatic nitrogens is 3. The fourth-order valence-corrected chi connectivity index (χ4v) is 3.10. The van der Waals surface area contributed by atoms with Crippen LogP contribution < -0.4 is 5.32 Å². The number of benzene rings is 1. The summed E-state index contributed by atoms with van der Waals surface area (Å²) >= 11 is 12.3. The molecule has 0 aliphatic carbocycles. The lowest BCUT2D eigenvalue weighted by atomic mass is 10.1. The zero-order valence-corrected chi connectivity index (χ0v) is 15.3. The Balaban J connectivity index is 2.01. The molecule has 3 rings (SSSR count). The first-order valence-electron chi connectivity index (χ1n) is 8.18. The van der Waals surface area contributed by atoms with Crippen LogP contribution in [0.25, 0.3) is 17.0 Å². The molecule has 0 bridgehead atoms. The number of halogens is 2. The Kier molecular flexibility index (Phi) is 5.56. The van der Waals surface area contributed by atoms with Gasteiger partial charge < -0.3 is 5.32 Å². The van der Waals surface area contributed by atoms with Crippen LogP contribution in [0, 0.1) is 0 Å². The van der Waals surface area contributed by atoms with Crippen LogP contribution in [0.4, 0.5) is 5.82 Å². The summed E-state index contributed by atoms with van der Waals surface area (Å²) in [6.07, 6.45) is 6.88. The van der Waals surface area contributed by atoms with E-state index in [1.165, 1.54) is 0 Å². The number of nitrogens with zero attached hydrogens (tertiary/aromatic N) is 3. The first-order chi connectivity index (χ1) is 12.1. The Morgan fingerprint density at radius 2 is 2.12 bits per heavy atom. The third-order valence-electron chi connectivity index (χ3n) is 3.86. The summed E-state index contributed by atoms with van der Waals surface area (Å²) < 4.78 is 1.75. The predicted molar refractivity (Wildman–Crippen MR) is 101 cm³/mol. The number of anilines is 1. The third kappa shape index (κ3) is 3.94. The molecule has 0 radical (unpaired) electrons. The number of nitrogens with one attached hydrogen (secondary N) is 1. The zero-order valence-electron chi connectivity index (χ0n) is 13.8. The molecular weight excluding hydrogens is 359 g/mol. The Hall–Kier alpha value is -2.11. The lowest BCUT2D eigenvalue weighted by molar-refractivity contribution is -0.116. The first-order valence-corrected chi connectivity index (χ1v) is 8.94. The second-order valence-corrected chi connectivity index (χ2v) is 6.57. The van der Waals surface area contributed by atoms with Crippen molar-refractivity contribution in [1.29, 1.82) is 0 Å². The summed E-state index contributed by atoms with van der Waals surface area (Å²) in [6.45, 7) is 2.11. The van der Waals surface area contributed by atoms with Crippen LogP contribution in [0.3, 0.4) is 0 Å². The molecule has 1 aromatic carbocycles. The van der Waals surface area contributed by atoms with E-state index in [0.717, 1.165) is 19.3 Å². The van der Waals surface area contributed by atoms with Gasteiger partial charge in [0, 0.05) is 29.4 Å². The fourth-order valence-electron chi connectivity index (χ4n) is 2.61. The van der Waals surface area contributed by atoms with Gasteiger partial charge in [-0.2, -0.15) is 0 Å². The van der Waals surface area contributed by atoms with E-state index in [-0.39, 0.29) is 5.91 Å². The third-order valence-corrected chi connectivity index (χ3v) is 4.40. The summed E-state index contributed by atoms with van der Waals surface area (Å²) in [5.41, 5.74) is 1.27. The topological polar surface area (TPSA) is 59.3 Å². The average molecular weight is 377 g/mol. The average Bonchev–Trinajstić information content (AvgIpc) is 2.93. The van der Waals surface area contributed by atoms with E-state index in [1.54, 1.807) is 34.9 Å². The minimum Gasteiger partial charge on any atom is -0.310 e. The SMILES string of the molecule is CCCCCC(=O)Nc1c(-c2ccc(Cl)cc2Cl)nc2ncccn12. The molecule has 0 aliphatic heterocycles. The summed E-state index contributed by atoms with van der Waals surface area (Å²) in [6, 6.07) is 6.98. The zero-order chi connectivity index (χ0) is 17.8. The summed E-state index contributed by atoms with van der Waals surface area (Å²) in [7, 11) is 0. The van der Waals surface area contributed by atoms with Crippen LogP contribution in [0.15, 0.2) is 36.7 Å². The van der Waals surface area contributed by atoms with Crippen molar-refractivity contribution in [3.8, 4) is 11.3 Å². The molecular formula is C18H18Cl2N4O. The minimum atomic E-state index is -0.0505. The molecule has 3 aromatic rings. The normalized spacial score (nSPS) is 11.0. The molecule has 7 heteroatoms. The number of carbonyl (C=O) groups is 1. The van der Waals surface area contributed by atoms with Crippen molar-refractivity contribution in [2.75, 3.05) is 5.32 Å². The van der Waals surface area contributed by atoms with E-state index < -0.39 is 0 Å².